The van der Waals surface area contributed by atoms with Gasteiger partial charge in [0.2, 0.25) is 5.91 Å². The Morgan fingerprint density at radius 1 is 1.03 bits per heavy atom. The SMILES string of the molecule is CP(=O)(Sc1ccc(CCCc2cccc(-c3cccnc3)c2)cc1)C1(C(N)=O)CCOCC1. The van der Waals surface area contributed by atoms with E-state index < -0.39 is 17.4 Å². The second-order valence-corrected chi connectivity index (χ2v) is 14.7. The molecule has 5 nitrogen and oxygen atoms in total. The molecule has 7 heteroatoms. The summed E-state index contributed by atoms with van der Waals surface area (Å²) in [4.78, 5) is 17.4. The minimum absolute atomic E-state index is 0.420. The summed E-state index contributed by atoms with van der Waals surface area (Å²) in [6.07, 6.45) is 4.60. The molecular weight excluding hydrogens is 463 g/mol. The van der Waals surface area contributed by atoms with Gasteiger partial charge in [-0.15, -0.1) is 0 Å². The lowest BCUT2D eigenvalue weighted by molar-refractivity contribution is -0.122. The second kappa shape index (κ2) is 10.9. The monoisotopic (exact) mass is 494 g/mol. The number of carbonyl (C=O) groups excluding carboxylic acids is 1. The molecule has 2 heterocycles. The molecule has 0 bridgehead atoms. The van der Waals surface area contributed by atoms with Crippen LogP contribution < -0.4 is 5.73 Å². The molecule has 0 saturated carbocycles. The lowest BCUT2D eigenvalue weighted by atomic mass is 9.98. The molecule has 3 aromatic rings. The lowest BCUT2D eigenvalue weighted by Crippen LogP contribution is -2.47. The Bertz CT molecular complexity index is 1160. The van der Waals surface area contributed by atoms with Crippen molar-refractivity contribution in [1.29, 1.82) is 0 Å². The number of amides is 1. The Morgan fingerprint density at radius 3 is 2.41 bits per heavy atom. The van der Waals surface area contributed by atoms with Gasteiger partial charge in [0.1, 0.15) is 5.16 Å². The molecule has 2 aromatic carbocycles. The number of pyridine rings is 1. The van der Waals surface area contributed by atoms with E-state index in [1.165, 1.54) is 28.1 Å². The zero-order chi connectivity index (χ0) is 24.0. The van der Waals surface area contributed by atoms with Gasteiger partial charge >= 0.3 is 0 Å². The van der Waals surface area contributed by atoms with Crippen LogP contribution in [0.3, 0.4) is 0 Å². The average Bonchev–Trinajstić information content (AvgIpc) is 2.86. The number of nitrogens with zero attached hydrogens (tertiary/aromatic N) is 1. The van der Waals surface area contributed by atoms with Crippen LogP contribution in [0.1, 0.15) is 30.4 Å². The van der Waals surface area contributed by atoms with E-state index in [0.717, 1.165) is 29.7 Å². The summed E-state index contributed by atoms with van der Waals surface area (Å²) in [5, 5.41) is -0.987. The van der Waals surface area contributed by atoms with Crippen LogP contribution in [-0.2, 0) is 26.9 Å². The van der Waals surface area contributed by atoms with E-state index in [1.807, 2.05) is 24.4 Å². The molecule has 0 aliphatic carbocycles. The van der Waals surface area contributed by atoms with Crippen LogP contribution in [0.4, 0.5) is 0 Å². The molecule has 1 fully saturated rings. The first kappa shape index (κ1) is 24.7. The van der Waals surface area contributed by atoms with Gasteiger partial charge in [-0.05, 0) is 79.2 Å². The first-order valence-electron chi connectivity index (χ1n) is 11.6. The molecule has 0 radical (unpaired) electrons. The summed E-state index contributed by atoms with van der Waals surface area (Å²) in [6, 6.07) is 20.9. The zero-order valence-corrected chi connectivity index (χ0v) is 21.2. The van der Waals surface area contributed by atoms with Crippen LogP contribution in [0.25, 0.3) is 11.1 Å². The fourth-order valence-corrected chi connectivity index (χ4v) is 9.65. The standard InChI is InChI=1S/C27H31N2O3PS/c1-33(31,27(26(28)30)14-17-32-18-15-27)34-25-12-10-21(11-13-25)5-2-6-22-7-3-8-23(19-22)24-9-4-16-29-20-24/h3-4,7-13,16,19-20H,2,5-6,14-15,17-18H2,1H3,(H2,28,30). The third-order valence-corrected chi connectivity index (χ3v) is 12.4. The van der Waals surface area contributed by atoms with Crippen molar-refractivity contribution in [2.45, 2.75) is 42.2 Å². The molecule has 2 N–H and O–H groups in total. The molecule has 1 aliphatic heterocycles. The van der Waals surface area contributed by atoms with E-state index >= 15 is 0 Å². The maximum Gasteiger partial charge on any atom is 0.232 e. The molecular formula is C27H31N2O3PS. The minimum Gasteiger partial charge on any atom is -0.381 e. The highest BCUT2D eigenvalue weighted by atomic mass is 32.7. The molecule has 1 unspecified atom stereocenters. The number of carbonyl (C=O) groups is 1. The molecule has 34 heavy (non-hydrogen) atoms. The highest BCUT2D eigenvalue weighted by molar-refractivity contribution is 8.58. The maximum atomic E-state index is 13.6. The van der Waals surface area contributed by atoms with Crippen molar-refractivity contribution in [2.75, 3.05) is 19.9 Å². The fourth-order valence-electron chi connectivity index (χ4n) is 4.50. The number of hydrogen-bond acceptors (Lipinski definition) is 5. The molecule has 1 aliphatic rings. The topological polar surface area (TPSA) is 82.3 Å². The van der Waals surface area contributed by atoms with Crippen molar-refractivity contribution < 1.29 is 14.1 Å². The Hall–Kier alpha value is -2.40. The van der Waals surface area contributed by atoms with Crippen LogP contribution in [0, 0.1) is 0 Å². The van der Waals surface area contributed by atoms with Gasteiger partial charge < -0.3 is 15.0 Å². The van der Waals surface area contributed by atoms with Crippen molar-refractivity contribution in [3.8, 4) is 11.1 Å². The number of ether oxygens (including phenoxy) is 1. The van der Waals surface area contributed by atoms with Crippen LogP contribution in [0.2, 0.25) is 0 Å². The van der Waals surface area contributed by atoms with Crippen molar-refractivity contribution >= 4 is 23.6 Å². The van der Waals surface area contributed by atoms with Gasteiger partial charge in [-0.3, -0.25) is 9.78 Å². The highest BCUT2D eigenvalue weighted by Crippen LogP contribution is 2.70. The largest absolute Gasteiger partial charge is 0.381 e. The zero-order valence-electron chi connectivity index (χ0n) is 19.5. The Morgan fingerprint density at radius 2 is 1.74 bits per heavy atom. The number of primary amides is 1. The highest BCUT2D eigenvalue weighted by Gasteiger charge is 2.51. The van der Waals surface area contributed by atoms with Gasteiger partial charge in [-0.25, -0.2) is 0 Å². The molecule has 1 amide bonds. The van der Waals surface area contributed by atoms with Gasteiger partial charge in [-0.1, -0.05) is 53.8 Å². The quantitative estimate of drug-likeness (QED) is 0.371. The number of aromatic nitrogens is 1. The molecule has 4 rings (SSSR count). The Labute approximate surface area is 205 Å². The summed E-state index contributed by atoms with van der Waals surface area (Å²) < 4.78 is 19.0. The van der Waals surface area contributed by atoms with E-state index in [0.29, 0.717) is 26.1 Å². The lowest BCUT2D eigenvalue weighted by Gasteiger charge is -2.38. The minimum atomic E-state index is -2.93. The number of benzene rings is 2. The van der Waals surface area contributed by atoms with E-state index in [1.54, 1.807) is 12.9 Å². The predicted molar refractivity (Wildman–Crippen MR) is 140 cm³/mol. The van der Waals surface area contributed by atoms with Crippen molar-refractivity contribution in [1.82, 2.24) is 4.98 Å². The molecule has 1 aromatic heterocycles. The fraction of sp³-hybridized carbons (Fsp3) is 0.333. The molecule has 1 atom stereocenters. The van der Waals surface area contributed by atoms with Gasteiger partial charge in [0, 0.05) is 30.5 Å². The van der Waals surface area contributed by atoms with Gasteiger partial charge in [-0.2, -0.15) is 0 Å². The number of rotatable bonds is 9. The first-order chi connectivity index (χ1) is 16.4. The summed E-state index contributed by atoms with van der Waals surface area (Å²) in [5.41, 5.74) is 10.6. The van der Waals surface area contributed by atoms with Crippen molar-refractivity contribution in [2.24, 2.45) is 5.73 Å². The Kier molecular flexibility index (Phi) is 7.92. The summed E-state index contributed by atoms with van der Waals surface area (Å²) in [7, 11) is 0. The third-order valence-electron chi connectivity index (χ3n) is 6.61. The number of nitrogens with two attached hydrogens (primary N) is 1. The molecule has 0 spiro atoms. The van der Waals surface area contributed by atoms with E-state index in [9.17, 15) is 9.36 Å². The van der Waals surface area contributed by atoms with Crippen LogP contribution in [0.15, 0.2) is 78.0 Å². The third kappa shape index (κ3) is 5.63. The number of aryl methyl sites for hydroxylation is 2. The summed E-state index contributed by atoms with van der Waals surface area (Å²) >= 11 is 1.30. The average molecular weight is 495 g/mol. The first-order valence-corrected chi connectivity index (χ1v) is 15.2. The van der Waals surface area contributed by atoms with E-state index in [2.05, 4.69) is 47.4 Å². The summed E-state index contributed by atoms with van der Waals surface area (Å²) in [5.74, 6) is -0.474. The number of hydrogen-bond donors (Lipinski definition) is 1. The molecule has 1 saturated heterocycles. The van der Waals surface area contributed by atoms with Gasteiger partial charge in [0.15, 0.2) is 6.34 Å². The smallest absolute Gasteiger partial charge is 0.232 e. The van der Waals surface area contributed by atoms with Crippen molar-refractivity contribution in [3.63, 3.8) is 0 Å². The van der Waals surface area contributed by atoms with Gasteiger partial charge in [0.05, 0.1) is 0 Å². The second-order valence-electron chi connectivity index (χ2n) is 8.88. The van der Waals surface area contributed by atoms with Gasteiger partial charge in [0.25, 0.3) is 0 Å². The normalized spacial score (nSPS) is 17.1. The van der Waals surface area contributed by atoms with Crippen LogP contribution >= 0.6 is 17.7 Å². The van der Waals surface area contributed by atoms with Crippen LogP contribution in [-0.4, -0.2) is 35.9 Å². The van der Waals surface area contributed by atoms with Crippen molar-refractivity contribution in [3.05, 3.63) is 84.2 Å². The summed E-state index contributed by atoms with van der Waals surface area (Å²) in [6.45, 7) is 2.54. The predicted octanol–water partition coefficient (Wildman–Crippen LogP) is 5.96. The van der Waals surface area contributed by atoms with E-state index in [4.69, 9.17) is 10.5 Å². The maximum absolute atomic E-state index is 13.6. The Balaban J connectivity index is 1.35. The molecule has 178 valence electrons. The van der Waals surface area contributed by atoms with E-state index in [-0.39, 0.29) is 0 Å². The van der Waals surface area contributed by atoms with Crippen LogP contribution in [0.5, 0.6) is 0 Å².